The highest BCUT2D eigenvalue weighted by atomic mass is 16.5. The summed E-state index contributed by atoms with van der Waals surface area (Å²) < 4.78 is 30.7. The van der Waals surface area contributed by atoms with Gasteiger partial charge in [-0.15, -0.1) is 0 Å². The van der Waals surface area contributed by atoms with E-state index in [0.29, 0.717) is 39.6 Å². The van der Waals surface area contributed by atoms with E-state index in [-0.39, 0.29) is 0 Å². The van der Waals surface area contributed by atoms with Crippen molar-refractivity contribution in [2.24, 2.45) is 0 Å². The highest BCUT2D eigenvalue weighted by Crippen LogP contribution is 2.58. The maximum absolute atomic E-state index is 6.57. The molecule has 0 amide bonds. The Bertz CT molecular complexity index is 8420. The molecule has 21 aromatic carbocycles. The smallest absolute Gasteiger partial charge is 0.119 e. The summed E-state index contributed by atoms with van der Waals surface area (Å²) in [5.41, 5.74) is 43.5. The summed E-state index contributed by atoms with van der Waals surface area (Å²) in [4.78, 5) is 4.74. The molecular formula is C142H110N4O4. The van der Waals surface area contributed by atoms with Gasteiger partial charge in [0.2, 0.25) is 0 Å². The molecule has 0 spiro atoms. The molecule has 0 radical (unpaired) electrons. The van der Waals surface area contributed by atoms with Crippen LogP contribution in [0.3, 0.4) is 0 Å². The third-order valence-corrected chi connectivity index (χ3v) is 30.8. The van der Waals surface area contributed by atoms with E-state index in [1.807, 2.05) is 36.4 Å². The van der Waals surface area contributed by atoms with Gasteiger partial charge in [0.05, 0.1) is 61.7 Å². The Kier molecular flexibility index (Phi) is 25.0. The first-order valence-corrected chi connectivity index (χ1v) is 52.0. The first-order valence-electron chi connectivity index (χ1n) is 52.0. The third-order valence-electron chi connectivity index (χ3n) is 30.8. The van der Waals surface area contributed by atoms with Gasteiger partial charge in [-0.3, -0.25) is 0 Å². The number of ether oxygens (including phenoxy) is 4. The van der Waals surface area contributed by atoms with Crippen LogP contribution in [-0.2, 0) is 46.7 Å². The molecule has 2 atom stereocenters. The second kappa shape index (κ2) is 40.3. The predicted molar refractivity (Wildman–Crippen MR) is 622 cm³/mol. The van der Waals surface area contributed by atoms with Crippen LogP contribution >= 0.6 is 0 Å². The van der Waals surface area contributed by atoms with Gasteiger partial charge in [0.1, 0.15) is 11.5 Å². The van der Waals surface area contributed by atoms with Gasteiger partial charge in [0, 0.05) is 77.9 Å². The van der Waals surface area contributed by atoms with E-state index in [9.17, 15) is 0 Å². The Labute approximate surface area is 876 Å². The standard InChI is InChI=1S/C142H110N4O4/c1-5-99-47-75-123(76-48-99)149-85-83-141(113-25-9-7-10-26-113)133-35-17-13-31-125(133)127-79-59-111(91-135(127)141)107-55-71-117(72-56-107)143(121-29-21-23-97(3)87-121)115-67-51-105(52-68-115)109-61-81-139-131(89-109)129-33-15-19-37-137(129)145(139)119-63-43-103(44-64-119)95-147-93-101-39-41-102(42-40-101)94-148-96-104-45-65-120(66-46-104)146-138-38-20-16-34-130(138)132-90-110(62-82-140(132)146)106-53-69-116(70-54-106)144(122-30-22-24-98(4)88-122)118-73-57-108(58-74-118)112-60-80-128-126-32-14-18-36-134(126)142(136(128)92-112,114-27-11-8-12-28-114)84-86-150-124-77-49-100(6-2)50-78-124/h5-82,87-92H,1-2,83-86,93-96H2,3-4H3. The molecule has 0 saturated heterocycles. The van der Waals surface area contributed by atoms with E-state index in [1.54, 1.807) is 0 Å². The number of rotatable bonds is 32. The minimum Gasteiger partial charge on any atom is -0.494 e. The number of anilines is 6. The van der Waals surface area contributed by atoms with Crippen molar-refractivity contribution < 1.29 is 18.9 Å². The molecule has 2 unspecified atom stereocenters. The van der Waals surface area contributed by atoms with Crippen LogP contribution in [0.2, 0.25) is 0 Å². The van der Waals surface area contributed by atoms with Crippen LogP contribution in [0.5, 0.6) is 11.5 Å². The maximum Gasteiger partial charge on any atom is 0.119 e. The number of hydrogen-bond acceptors (Lipinski definition) is 6. The van der Waals surface area contributed by atoms with Crippen LogP contribution in [-0.4, -0.2) is 22.3 Å². The minimum atomic E-state index is -0.430. The lowest BCUT2D eigenvalue weighted by Crippen LogP contribution is -2.29. The zero-order valence-electron chi connectivity index (χ0n) is 84.0. The van der Waals surface area contributed by atoms with E-state index < -0.39 is 10.8 Å². The molecule has 0 fully saturated rings. The van der Waals surface area contributed by atoms with E-state index in [4.69, 9.17) is 18.9 Å². The molecule has 2 aliphatic carbocycles. The molecule has 23 aromatic rings. The van der Waals surface area contributed by atoms with Gasteiger partial charge < -0.3 is 37.9 Å². The van der Waals surface area contributed by atoms with Crippen molar-refractivity contribution >= 4 is 89.9 Å². The highest BCUT2D eigenvalue weighted by Gasteiger charge is 2.47. The number of benzene rings is 21. The molecular weight excluding hydrogens is 1830 g/mol. The van der Waals surface area contributed by atoms with Gasteiger partial charge in [-0.05, 0) is 341 Å². The Hall–Kier alpha value is -18.2. The summed E-state index contributed by atoms with van der Waals surface area (Å²) in [6, 6.07) is 182. The van der Waals surface area contributed by atoms with Crippen molar-refractivity contribution in [2.45, 2.75) is 63.9 Å². The lowest BCUT2D eigenvalue weighted by Gasteiger charge is -2.33. The van der Waals surface area contributed by atoms with E-state index >= 15 is 0 Å². The van der Waals surface area contributed by atoms with Gasteiger partial charge >= 0.3 is 0 Å². The average Bonchev–Trinajstić information content (AvgIpc) is 1.55. The van der Waals surface area contributed by atoms with Crippen molar-refractivity contribution in [3.05, 3.63) is 588 Å². The number of para-hydroxylation sites is 2. The Morgan fingerprint density at radius 1 is 0.240 bits per heavy atom. The monoisotopic (exact) mass is 1930 g/mol. The minimum absolute atomic E-state index is 0.430. The second-order valence-corrected chi connectivity index (χ2v) is 39.7. The Morgan fingerprint density at radius 3 is 0.907 bits per heavy atom. The molecule has 722 valence electrons. The molecule has 0 N–H and O–H groups in total. The number of hydrogen-bond donors (Lipinski definition) is 0. The second-order valence-electron chi connectivity index (χ2n) is 39.7. The highest BCUT2D eigenvalue weighted by molar-refractivity contribution is 6.12. The fourth-order valence-electron chi connectivity index (χ4n) is 23.3. The molecule has 8 heteroatoms. The van der Waals surface area contributed by atoms with Crippen LogP contribution in [0.25, 0.3) is 134 Å². The lowest BCUT2D eigenvalue weighted by atomic mass is 9.70. The molecule has 2 aliphatic rings. The van der Waals surface area contributed by atoms with Crippen LogP contribution in [0.15, 0.2) is 511 Å². The summed E-state index contributed by atoms with van der Waals surface area (Å²) in [6.45, 7) is 15.3. The van der Waals surface area contributed by atoms with Crippen molar-refractivity contribution in [3.8, 4) is 89.6 Å². The van der Waals surface area contributed by atoms with Crippen LogP contribution in [0.1, 0.15) is 90.7 Å². The topological polar surface area (TPSA) is 53.3 Å². The van der Waals surface area contributed by atoms with E-state index in [0.717, 1.165) is 159 Å². The summed E-state index contributed by atoms with van der Waals surface area (Å²) in [7, 11) is 0. The number of aromatic nitrogens is 2. The third kappa shape index (κ3) is 17.6. The summed E-state index contributed by atoms with van der Waals surface area (Å²) in [5, 5.41) is 4.82. The van der Waals surface area contributed by atoms with E-state index in [1.165, 1.54) is 99.4 Å². The fraction of sp³-hybridized carbons (Fsp3) is 0.0845. The largest absolute Gasteiger partial charge is 0.494 e. The Morgan fingerprint density at radius 2 is 0.547 bits per heavy atom. The first kappa shape index (κ1) is 92.9. The molecule has 2 heterocycles. The first-order chi connectivity index (χ1) is 74.0. The van der Waals surface area contributed by atoms with Gasteiger partial charge in [-0.25, -0.2) is 0 Å². The lowest BCUT2D eigenvalue weighted by molar-refractivity contribution is 0.105. The van der Waals surface area contributed by atoms with E-state index in [2.05, 4.69) is 519 Å². The van der Waals surface area contributed by atoms with Gasteiger partial charge in [-0.1, -0.05) is 353 Å². The van der Waals surface area contributed by atoms with Crippen molar-refractivity contribution in [3.63, 3.8) is 0 Å². The molecule has 150 heavy (non-hydrogen) atoms. The van der Waals surface area contributed by atoms with Crippen molar-refractivity contribution in [1.82, 2.24) is 9.13 Å². The summed E-state index contributed by atoms with van der Waals surface area (Å²) >= 11 is 0. The predicted octanol–water partition coefficient (Wildman–Crippen LogP) is 36.4. The maximum atomic E-state index is 6.57. The fourth-order valence-corrected chi connectivity index (χ4v) is 23.3. The van der Waals surface area contributed by atoms with Crippen LogP contribution < -0.4 is 19.3 Å². The number of nitrogens with zero attached hydrogens (tertiary/aromatic N) is 4. The number of fused-ring (bicyclic) bond motifs is 12. The molecule has 0 saturated carbocycles. The summed E-state index contributed by atoms with van der Waals surface area (Å²) in [6.07, 6.45) is 5.25. The van der Waals surface area contributed by atoms with Crippen molar-refractivity contribution in [1.29, 1.82) is 0 Å². The zero-order valence-corrected chi connectivity index (χ0v) is 84.0. The Balaban J connectivity index is 0.397. The molecule has 0 bridgehead atoms. The SMILES string of the molecule is C=Cc1ccc(OCCC2(c3ccccc3)c3ccccc3-c3ccc(-c4ccc(N(c5ccc(-c6ccc7c(c6)c6ccccc6n7-c6ccc(COCc7ccc(COCc8ccc(-n9c%10ccccc%10c%10cc(-c%11ccc(N(c%12ccc(-c%13ccc%14c(c%13)C(CCOc%13ccc(C=C)cc%13)(c%13ccccc%13)c%13ccccc%13-%14)cc%12)c%12cccc(C)c%12)cc%11)ccc%109)cc8)cc7)cc6)cc5)c5cccc(C)c5)cc4)cc32)cc1. The van der Waals surface area contributed by atoms with Crippen LogP contribution in [0.4, 0.5) is 34.1 Å². The molecule has 2 aromatic heterocycles. The van der Waals surface area contributed by atoms with Gasteiger partial charge in [0.25, 0.3) is 0 Å². The number of aryl methyl sites for hydroxylation is 2. The molecule has 0 aliphatic heterocycles. The summed E-state index contributed by atoms with van der Waals surface area (Å²) in [5.74, 6) is 1.70. The average molecular weight is 1940 g/mol. The quantitative estimate of drug-likeness (QED) is 0.0419. The van der Waals surface area contributed by atoms with Gasteiger partial charge in [0.15, 0.2) is 0 Å². The van der Waals surface area contributed by atoms with Crippen molar-refractivity contribution in [2.75, 3.05) is 23.0 Å². The van der Waals surface area contributed by atoms with Crippen LogP contribution in [0, 0.1) is 13.8 Å². The zero-order chi connectivity index (χ0) is 101. The molecule has 8 nitrogen and oxygen atoms in total. The normalized spacial score (nSPS) is 13.8. The molecule has 25 rings (SSSR count). The van der Waals surface area contributed by atoms with Gasteiger partial charge in [-0.2, -0.15) is 0 Å².